The number of nitrogens with one attached hydrogen (secondary N) is 1. The molecule has 3 unspecified atom stereocenters. The van der Waals surface area contributed by atoms with E-state index in [4.69, 9.17) is 4.74 Å². The van der Waals surface area contributed by atoms with E-state index in [9.17, 15) is 9.59 Å². The molecule has 162 valence electrons. The summed E-state index contributed by atoms with van der Waals surface area (Å²) in [5, 5.41) is 3.15. The Morgan fingerprint density at radius 3 is 2.87 bits per heavy atom. The number of imidazole rings is 1. The highest BCUT2D eigenvalue weighted by atomic mass is 16.5. The van der Waals surface area contributed by atoms with E-state index >= 15 is 0 Å². The smallest absolute Gasteiger partial charge is 0.225 e. The number of amides is 2. The SMILES string of the molecule is CCCCN1C(=O)CCC(C(=O)NC(C)Cn2ccnc2)C1c1ccccc1OC. The number of rotatable bonds is 9. The molecule has 0 radical (unpaired) electrons. The average Bonchev–Trinajstić information content (AvgIpc) is 3.25. The third-order valence-electron chi connectivity index (χ3n) is 5.69. The van der Waals surface area contributed by atoms with E-state index in [2.05, 4.69) is 17.2 Å². The molecule has 1 aromatic carbocycles. The van der Waals surface area contributed by atoms with Crippen LogP contribution < -0.4 is 10.1 Å². The highest BCUT2D eigenvalue weighted by molar-refractivity contribution is 5.85. The van der Waals surface area contributed by atoms with E-state index < -0.39 is 0 Å². The van der Waals surface area contributed by atoms with Crippen molar-refractivity contribution in [3.8, 4) is 5.75 Å². The van der Waals surface area contributed by atoms with E-state index in [0.29, 0.717) is 31.7 Å². The van der Waals surface area contributed by atoms with Gasteiger partial charge in [-0.05, 0) is 25.8 Å². The molecule has 1 aliphatic heterocycles. The van der Waals surface area contributed by atoms with Crippen LogP contribution in [0.15, 0.2) is 43.0 Å². The van der Waals surface area contributed by atoms with Crippen LogP contribution in [-0.2, 0) is 16.1 Å². The van der Waals surface area contributed by atoms with Crippen molar-refractivity contribution < 1.29 is 14.3 Å². The summed E-state index contributed by atoms with van der Waals surface area (Å²) in [5.74, 6) is 0.478. The summed E-state index contributed by atoms with van der Waals surface area (Å²) in [6, 6.07) is 7.33. The number of piperidine rings is 1. The molecule has 0 aliphatic carbocycles. The highest BCUT2D eigenvalue weighted by Gasteiger charge is 2.41. The van der Waals surface area contributed by atoms with E-state index in [0.717, 1.165) is 18.4 Å². The van der Waals surface area contributed by atoms with Gasteiger partial charge in [-0.25, -0.2) is 4.98 Å². The summed E-state index contributed by atoms with van der Waals surface area (Å²) in [6.07, 6.45) is 8.17. The van der Waals surface area contributed by atoms with Gasteiger partial charge in [0.25, 0.3) is 0 Å². The number of nitrogens with zero attached hydrogens (tertiary/aromatic N) is 3. The Labute approximate surface area is 178 Å². The maximum Gasteiger partial charge on any atom is 0.225 e. The minimum atomic E-state index is -0.325. The molecule has 1 N–H and O–H groups in total. The summed E-state index contributed by atoms with van der Waals surface area (Å²) in [5.41, 5.74) is 0.895. The molecule has 0 spiro atoms. The molecule has 1 aliphatic rings. The number of unbranched alkanes of at least 4 members (excludes halogenated alkanes) is 1. The lowest BCUT2D eigenvalue weighted by molar-refractivity contribution is -0.143. The second kappa shape index (κ2) is 10.3. The third kappa shape index (κ3) is 5.01. The molecule has 30 heavy (non-hydrogen) atoms. The molecule has 1 fully saturated rings. The Bertz CT molecular complexity index is 837. The molecule has 0 bridgehead atoms. The van der Waals surface area contributed by atoms with Gasteiger partial charge in [-0.15, -0.1) is 0 Å². The second-order valence-electron chi connectivity index (χ2n) is 7.94. The fourth-order valence-corrected chi connectivity index (χ4v) is 4.22. The van der Waals surface area contributed by atoms with Crippen LogP contribution in [0.5, 0.6) is 5.75 Å². The molecule has 3 rings (SSSR count). The minimum absolute atomic E-state index is 0.0208. The molecule has 2 heterocycles. The third-order valence-corrected chi connectivity index (χ3v) is 5.69. The van der Waals surface area contributed by atoms with Crippen molar-refractivity contribution in [2.45, 2.75) is 58.2 Å². The van der Waals surface area contributed by atoms with Crippen LogP contribution in [0.25, 0.3) is 0 Å². The summed E-state index contributed by atoms with van der Waals surface area (Å²) < 4.78 is 7.53. The van der Waals surface area contributed by atoms with Crippen LogP contribution in [0.1, 0.15) is 51.1 Å². The predicted molar refractivity (Wildman–Crippen MR) is 115 cm³/mol. The number of likely N-dealkylation sites (tertiary alicyclic amines) is 1. The van der Waals surface area contributed by atoms with Crippen LogP contribution in [-0.4, -0.2) is 46.0 Å². The first-order valence-electron chi connectivity index (χ1n) is 10.7. The van der Waals surface area contributed by atoms with Crippen LogP contribution >= 0.6 is 0 Å². The Morgan fingerprint density at radius 2 is 2.17 bits per heavy atom. The topological polar surface area (TPSA) is 76.5 Å². The second-order valence-corrected chi connectivity index (χ2v) is 7.94. The van der Waals surface area contributed by atoms with E-state index in [1.165, 1.54) is 0 Å². The summed E-state index contributed by atoms with van der Waals surface area (Å²) in [6.45, 7) is 5.38. The Kier molecular flexibility index (Phi) is 7.49. The molecule has 7 nitrogen and oxygen atoms in total. The van der Waals surface area contributed by atoms with Crippen molar-refractivity contribution in [1.29, 1.82) is 0 Å². The lowest BCUT2D eigenvalue weighted by Gasteiger charge is -2.41. The summed E-state index contributed by atoms with van der Waals surface area (Å²) in [7, 11) is 1.63. The number of hydrogen-bond acceptors (Lipinski definition) is 4. The van der Waals surface area contributed by atoms with Gasteiger partial charge in [0, 0.05) is 43.5 Å². The minimum Gasteiger partial charge on any atom is -0.496 e. The fourth-order valence-electron chi connectivity index (χ4n) is 4.22. The molecule has 7 heteroatoms. The van der Waals surface area contributed by atoms with Crippen molar-refractivity contribution >= 4 is 11.8 Å². The largest absolute Gasteiger partial charge is 0.496 e. The van der Waals surface area contributed by atoms with Gasteiger partial charge in [-0.1, -0.05) is 31.5 Å². The average molecular weight is 413 g/mol. The van der Waals surface area contributed by atoms with E-state index in [-0.39, 0.29) is 29.8 Å². The van der Waals surface area contributed by atoms with Crippen molar-refractivity contribution in [1.82, 2.24) is 19.8 Å². The highest BCUT2D eigenvalue weighted by Crippen LogP contribution is 2.40. The van der Waals surface area contributed by atoms with Crippen molar-refractivity contribution in [2.24, 2.45) is 5.92 Å². The monoisotopic (exact) mass is 412 g/mol. The van der Waals surface area contributed by atoms with Gasteiger partial charge >= 0.3 is 0 Å². The lowest BCUT2D eigenvalue weighted by atomic mass is 9.82. The van der Waals surface area contributed by atoms with Crippen LogP contribution in [0.2, 0.25) is 0 Å². The van der Waals surface area contributed by atoms with E-state index in [1.54, 1.807) is 19.6 Å². The molecule has 2 aromatic rings. The van der Waals surface area contributed by atoms with Gasteiger partial charge in [0.05, 0.1) is 25.4 Å². The number of carbonyl (C=O) groups excluding carboxylic acids is 2. The molecule has 1 saturated heterocycles. The first-order valence-corrected chi connectivity index (χ1v) is 10.7. The van der Waals surface area contributed by atoms with Crippen LogP contribution in [0.3, 0.4) is 0 Å². The molecular weight excluding hydrogens is 380 g/mol. The zero-order valence-electron chi connectivity index (χ0n) is 18.1. The van der Waals surface area contributed by atoms with Gasteiger partial charge in [0.1, 0.15) is 5.75 Å². The van der Waals surface area contributed by atoms with Crippen molar-refractivity contribution in [3.63, 3.8) is 0 Å². The van der Waals surface area contributed by atoms with Crippen molar-refractivity contribution in [2.75, 3.05) is 13.7 Å². The predicted octanol–water partition coefficient (Wildman–Crippen LogP) is 3.18. The summed E-state index contributed by atoms with van der Waals surface area (Å²) >= 11 is 0. The summed E-state index contributed by atoms with van der Waals surface area (Å²) in [4.78, 5) is 32.1. The van der Waals surface area contributed by atoms with Crippen LogP contribution in [0, 0.1) is 5.92 Å². The van der Waals surface area contributed by atoms with Gasteiger partial charge in [-0.2, -0.15) is 0 Å². The van der Waals surface area contributed by atoms with Gasteiger partial charge in [0.2, 0.25) is 11.8 Å². The van der Waals surface area contributed by atoms with Crippen molar-refractivity contribution in [3.05, 3.63) is 48.5 Å². The molecule has 2 amide bonds. The molecule has 0 saturated carbocycles. The first kappa shape index (κ1) is 21.9. The Balaban J connectivity index is 1.85. The zero-order valence-corrected chi connectivity index (χ0v) is 18.1. The number of aromatic nitrogens is 2. The van der Waals surface area contributed by atoms with Crippen LogP contribution in [0.4, 0.5) is 0 Å². The lowest BCUT2D eigenvalue weighted by Crippen LogP contribution is -2.50. The fraction of sp³-hybridized carbons (Fsp3) is 0.522. The normalized spacial score (nSPS) is 20.1. The number of para-hydroxylation sites is 1. The molecular formula is C23H32N4O3. The van der Waals surface area contributed by atoms with Gasteiger partial charge in [0.15, 0.2) is 0 Å². The number of hydrogen-bond donors (Lipinski definition) is 1. The quantitative estimate of drug-likeness (QED) is 0.686. The van der Waals surface area contributed by atoms with Gasteiger partial charge < -0.3 is 19.5 Å². The number of methoxy groups -OCH3 is 1. The first-order chi connectivity index (χ1) is 14.5. The standard InChI is InChI=1S/C23H32N4O3/c1-4-5-13-27-21(28)11-10-19(22(27)18-8-6-7-9-20(18)30-3)23(29)25-17(2)15-26-14-12-24-16-26/h6-9,12,14,16-17,19,22H,4-5,10-11,13,15H2,1-3H3,(H,25,29). The molecule has 1 aromatic heterocycles. The maximum absolute atomic E-state index is 13.3. The number of carbonyl (C=O) groups is 2. The number of benzene rings is 1. The molecule has 3 atom stereocenters. The van der Waals surface area contributed by atoms with E-state index in [1.807, 2.05) is 46.9 Å². The van der Waals surface area contributed by atoms with Gasteiger partial charge in [-0.3, -0.25) is 9.59 Å². The Hall–Kier alpha value is -2.83. The maximum atomic E-state index is 13.3. The number of ether oxygens (including phenoxy) is 1. The zero-order chi connectivity index (χ0) is 21.5. The Morgan fingerprint density at radius 1 is 1.37 bits per heavy atom.